The zero-order chi connectivity index (χ0) is 14.1. The van der Waals surface area contributed by atoms with E-state index in [1.807, 2.05) is 6.07 Å². The van der Waals surface area contributed by atoms with Gasteiger partial charge in [-0.25, -0.2) is 0 Å². The Morgan fingerprint density at radius 3 is 2.76 bits per heavy atom. The summed E-state index contributed by atoms with van der Waals surface area (Å²) in [7, 11) is 0. The van der Waals surface area contributed by atoms with E-state index in [4.69, 9.17) is 4.42 Å². The van der Waals surface area contributed by atoms with Crippen molar-refractivity contribution in [3.63, 3.8) is 0 Å². The summed E-state index contributed by atoms with van der Waals surface area (Å²) in [5, 5.41) is 3.69. The van der Waals surface area contributed by atoms with E-state index in [2.05, 4.69) is 46.6 Å². The number of fused-ring (bicyclic) bond motifs is 1. The third-order valence-corrected chi connectivity index (χ3v) is 4.92. The van der Waals surface area contributed by atoms with Crippen molar-refractivity contribution in [2.45, 2.75) is 24.9 Å². The van der Waals surface area contributed by atoms with Crippen LogP contribution in [0.3, 0.4) is 0 Å². The molecule has 0 bridgehead atoms. The van der Waals surface area contributed by atoms with Crippen LogP contribution in [0, 0.1) is 5.92 Å². The van der Waals surface area contributed by atoms with E-state index >= 15 is 0 Å². The molecule has 0 spiro atoms. The van der Waals surface area contributed by atoms with Crippen LogP contribution < -0.4 is 5.32 Å². The molecule has 110 valence electrons. The maximum atomic E-state index is 5.75. The number of hydrogen-bond acceptors (Lipinski definition) is 3. The third kappa shape index (κ3) is 2.52. The highest BCUT2D eigenvalue weighted by molar-refractivity contribution is 5.27. The van der Waals surface area contributed by atoms with E-state index < -0.39 is 0 Å². The summed E-state index contributed by atoms with van der Waals surface area (Å²) < 4.78 is 5.75. The molecule has 2 saturated heterocycles. The van der Waals surface area contributed by atoms with Crippen LogP contribution in [0.4, 0.5) is 0 Å². The SMILES string of the molecule is c1ccc(C(c2ccco2)N2C[C@@H]3CCCN[C@@H]3C2)cc1. The minimum Gasteiger partial charge on any atom is -0.467 e. The number of nitrogens with zero attached hydrogens (tertiary/aromatic N) is 1. The molecule has 2 aromatic rings. The number of nitrogens with one attached hydrogen (secondary N) is 1. The van der Waals surface area contributed by atoms with Gasteiger partial charge in [-0.05, 0) is 43.0 Å². The van der Waals surface area contributed by atoms with Crippen LogP contribution >= 0.6 is 0 Å². The molecule has 21 heavy (non-hydrogen) atoms. The molecular formula is C18H22N2O. The molecule has 4 rings (SSSR count). The van der Waals surface area contributed by atoms with Gasteiger partial charge in [-0.15, -0.1) is 0 Å². The highest BCUT2D eigenvalue weighted by Gasteiger charge is 2.38. The van der Waals surface area contributed by atoms with Gasteiger partial charge in [-0.2, -0.15) is 0 Å². The van der Waals surface area contributed by atoms with Crippen molar-refractivity contribution in [2.24, 2.45) is 5.92 Å². The average molecular weight is 282 g/mol. The number of hydrogen-bond donors (Lipinski definition) is 1. The molecule has 2 aliphatic rings. The van der Waals surface area contributed by atoms with Gasteiger partial charge in [-0.3, -0.25) is 4.90 Å². The molecule has 0 amide bonds. The molecule has 1 aromatic carbocycles. The molecule has 3 heteroatoms. The van der Waals surface area contributed by atoms with Crippen LogP contribution in [0.15, 0.2) is 53.1 Å². The maximum Gasteiger partial charge on any atom is 0.125 e. The van der Waals surface area contributed by atoms with Gasteiger partial charge in [-0.1, -0.05) is 30.3 Å². The topological polar surface area (TPSA) is 28.4 Å². The number of likely N-dealkylation sites (tertiary alicyclic amines) is 1. The molecule has 0 radical (unpaired) electrons. The Kier molecular flexibility index (Phi) is 3.53. The molecule has 0 aliphatic carbocycles. The van der Waals surface area contributed by atoms with Crippen LogP contribution in [-0.2, 0) is 0 Å². The van der Waals surface area contributed by atoms with E-state index in [-0.39, 0.29) is 6.04 Å². The first-order valence-corrected chi connectivity index (χ1v) is 7.97. The van der Waals surface area contributed by atoms with Crippen LogP contribution in [0.25, 0.3) is 0 Å². The first kappa shape index (κ1) is 13.1. The van der Waals surface area contributed by atoms with Gasteiger partial charge in [0.2, 0.25) is 0 Å². The third-order valence-electron chi connectivity index (χ3n) is 4.92. The summed E-state index contributed by atoms with van der Waals surface area (Å²) in [5.41, 5.74) is 1.33. The van der Waals surface area contributed by atoms with Gasteiger partial charge in [0.1, 0.15) is 5.76 Å². The van der Waals surface area contributed by atoms with Gasteiger partial charge >= 0.3 is 0 Å². The van der Waals surface area contributed by atoms with Crippen molar-refractivity contribution in [2.75, 3.05) is 19.6 Å². The highest BCUT2D eigenvalue weighted by atomic mass is 16.3. The Morgan fingerprint density at radius 1 is 1.10 bits per heavy atom. The van der Waals surface area contributed by atoms with Gasteiger partial charge < -0.3 is 9.73 Å². The number of piperidine rings is 1. The minimum atomic E-state index is 0.244. The Morgan fingerprint density at radius 2 is 2.00 bits per heavy atom. The van der Waals surface area contributed by atoms with Crippen LogP contribution in [0.1, 0.15) is 30.2 Å². The molecule has 2 aliphatic heterocycles. The Hall–Kier alpha value is -1.58. The summed E-state index contributed by atoms with van der Waals surface area (Å²) in [6, 6.07) is 15.7. The van der Waals surface area contributed by atoms with E-state index in [1.54, 1.807) is 6.26 Å². The molecule has 0 saturated carbocycles. The van der Waals surface area contributed by atoms with Crippen LogP contribution in [-0.4, -0.2) is 30.6 Å². The van der Waals surface area contributed by atoms with Crippen molar-refractivity contribution < 1.29 is 4.42 Å². The van der Waals surface area contributed by atoms with Crippen molar-refractivity contribution >= 4 is 0 Å². The smallest absolute Gasteiger partial charge is 0.125 e. The lowest BCUT2D eigenvalue weighted by atomic mass is 9.94. The summed E-state index contributed by atoms with van der Waals surface area (Å²) in [5.74, 6) is 1.85. The van der Waals surface area contributed by atoms with Crippen LogP contribution in [0.2, 0.25) is 0 Å². The summed E-state index contributed by atoms with van der Waals surface area (Å²) in [6.45, 7) is 3.45. The van der Waals surface area contributed by atoms with E-state index in [0.29, 0.717) is 6.04 Å². The first-order valence-electron chi connectivity index (χ1n) is 7.97. The maximum absolute atomic E-state index is 5.75. The van der Waals surface area contributed by atoms with Crippen LogP contribution in [0.5, 0.6) is 0 Å². The number of benzene rings is 1. The van der Waals surface area contributed by atoms with Gasteiger partial charge in [0.15, 0.2) is 0 Å². The van der Waals surface area contributed by atoms with Gasteiger partial charge in [0.25, 0.3) is 0 Å². The van der Waals surface area contributed by atoms with E-state index in [0.717, 1.165) is 24.8 Å². The molecule has 2 fully saturated rings. The Balaban J connectivity index is 1.64. The van der Waals surface area contributed by atoms with Gasteiger partial charge in [0, 0.05) is 19.1 Å². The first-order chi connectivity index (χ1) is 10.4. The zero-order valence-corrected chi connectivity index (χ0v) is 12.2. The van der Waals surface area contributed by atoms with Crippen molar-refractivity contribution in [1.82, 2.24) is 10.2 Å². The molecular weight excluding hydrogens is 260 g/mol. The second-order valence-corrected chi connectivity index (χ2v) is 6.25. The number of rotatable bonds is 3. The largest absolute Gasteiger partial charge is 0.467 e. The summed E-state index contributed by atoms with van der Waals surface area (Å²) in [4.78, 5) is 2.59. The lowest BCUT2D eigenvalue weighted by molar-refractivity contribution is 0.238. The Bertz CT molecular complexity index is 552. The zero-order valence-electron chi connectivity index (χ0n) is 12.2. The van der Waals surface area contributed by atoms with Gasteiger partial charge in [0.05, 0.1) is 12.3 Å². The predicted molar refractivity (Wildman–Crippen MR) is 83.1 cm³/mol. The van der Waals surface area contributed by atoms with Crippen molar-refractivity contribution in [1.29, 1.82) is 0 Å². The van der Waals surface area contributed by atoms with E-state index in [9.17, 15) is 0 Å². The van der Waals surface area contributed by atoms with Crippen molar-refractivity contribution in [3.8, 4) is 0 Å². The molecule has 3 heterocycles. The molecule has 3 atom stereocenters. The standard InChI is InChI=1S/C18H22N2O/c1-2-6-14(7-3-1)18(17-9-5-11-21-17)20-12-15-8-4-10-19-16(15)13-20/h1-3,5-7,9,11,15-16,18-19H,4,8,10,12-13H2/t15-,16+,18?/m0/s1. The van der Waals surface area contributed by atoms with Crippen molar-refractivity contribution in [3.05, 3.63) is 60.1 Å². The highest BCUT2D eigenvalue weighted by Crippen LogP contribution is 2.35. The minimum absolute atomic E-state index is 0.244. The fourth-order valence-electron chi connectivity index (χ4n) is 3.93. The fraction of sp³-hybridized carbons (Fsp3) is 0.444. The fourth-order valence-corrected chi connectivity index (χ4v) is 3.93. The second kappa shape index (κ2) is 5.66. The normalized spacial score (nSPS) is 27.4. The summed E-state index contributed by atoms with van der Waals surface area (Å²) >= 11 is 0. The summed E-state index contributed by atoms with van der Waals surface area (Å²) in [6.07, 6.45) is 4.45. The predicted octanol–water partition coefficient (Wildman–Crippen LogP) is 3.05. The molecule has 1 aromatic heterocycles. The van der Waals surface area contributed by atoms with E-state index in [1.165, 1.54) is 24.9 Å². The quantitative estimate of drug-likeness (QED) is 0.938. The molecule has 1 N–H and O–H groups in total. The molecule has 3 nitrogen and oxygen atoms in total. The monoisotopic (exact) mass is 282 g/mol. The molecule has 1 unspecified atom stereocenters. The lowest BCUT2D eigenvalue weighted by Crippen LogP contribution is -2.40. The average Bonchev–Trinajstić information content (AvgIpc) is 3.18. The Labute approximate surface area is 126 Å². The lowest BCUT2D eigenvalue weighted by Gasteiger charge is -2.26. The second-order valence-electron chi connectivity index (χ2n) is 6.25. The number of furan rings is 1.